The molecular weight excluding hydrogens is 1230 g/mol. The van der Waals surface area contributed by atoms with Gasteiger partial charge in [0.25, 0.3) is 0 Å². The van der Waals surface area contributed by atoms with E-state index in [4.69, 9.17) is 45.9 Å². The molecule has 520 valence electrons. The van der Waals surface area contributed by atoms with Crippen LogP contribution >= 0.6 is 0 Å². The van der Waals surface area contributed by atoms with Crippen molar-refractivity contribution in [3.63, 3.8) is 0 Å². The smallest absolute Gasteiger partial charge is 0.243 e. The van der Waals surface area contributed by atoms with Crippen LogP contribution in [-0.4, -0.2) is 149 Å². The Hall–Kier alpha value is -10.2. The highest BCUT2D eigenvalue weighted by Gasteiger charge is 2.35. The second-order valence-electron chi connectivity index (χ2n) is 24.1. The van der Waals surface area contributed by atoms with Crippen molar-refractivity contribution in [1.29, 1.82) is 0 Å². The van der Waals surface area contributed by atoms with Crippen LogP contribution in [0.15, 0.2) is 106 Å². The molecule has 7 atom stereocenters. The highest BCUT2D eigenvalue weighted by Crippen LogP contribution is 2.23. The second kappa shape index (κ2) is 39.5. The summed E-state index contributed by atoms with van der Waals surface area (Å²) in [5.74, 6) is -6.02. The van der Waals surface area contributed by atoms with Crippen molar-refractivity contribution in [3.8, 4) is 0 Å². The Morgan fingerprint density at radius 1 is 0.396 bits per heavy atom. The van der Waals surface area contributed by atoms with Crippen LogP contribution in [0.5, 0.6) is 0 Å². The molecule has 6 rings (SSSR count). The number of H-pyrrole nitrogens is 3. The van der Waals surface area contributed by atoms with Gasteiger partial charge in [-0.25, -0.2) is 0 Å². The fraction of sp³-hybridized carbons (Fsp3) is 0.478. The summed E-state index contributed by atoms with van der Waals surface area (Å²) in [5, 5.41) is 22.2. The zero-order valence-electron chi connectivity index (χ0n) is 54.9. The molecule has 3 heterocycles. The predicted octanol–water partition coefficient (Wildman–Crippen LogP) is 1.47. The van der Waals surface area contributed by atoms with Gasteiger partial charge in [0, 0.05) is 103 Å². The number of aromatic nitrogens is 3. The van der Waals surface area contributed by atoms with E-state index >= 15 is 14.4 Å². The number of carbonyl (C=O) groups excluding carboxylic acids is 8. The van der Waals surface area contributed by atoms with Crippen LogP contribution in [0.25, 0.3) is 32.7 Å². The number of guanidine groups is 3. The average molecular weight is 1330 g/mol. The van der Waals surface area contributed by atoms with Crippen LogP contribution in [0.3, 0.4) is 0 Å². The lowest BCUT2D eigenvalue weighted by molar-refractivity contribution is -0.135. The van der Waals surface area contributed by atoms with Crippen LogP contribution in [0.1, 0.15) is 133 Å². The summed E-state index contributed by atoms with van der Waals surface area (Å²) in [6.45, 7) is 2.83. The molecule has 29 nitrogen and oxygen atoms in total. The number of nitrogens with zero attached hydrogens (tertiary/aromatic N) is 3. The van der Waals surface area contributed by atoms with Gasteiger partial charge in [-0.05, 0) is 99.1 Å². The van der Waals surface area contributed by atoms with E-state index in [-0.39, 0.29) is 101 Å². The van der Waals surface area contributed by atoms with Crippen molar-refractivity contribution in [2.24, 2.45) is 60.8 Å². The van der Waals surface area contributed by atoms with Gasteiger partial charge in [-0.3, -0.25) is 53.3 Å². The molecular formula is C67H99N21O8. The molecule has 0 aliphatic carbocycles. The van der Waals surface area contributed by atoms with E-state index in [1.165, 1.54) is 19.3 Å². The zero-order valence-corrected chi connectivity index (χ0v) is 54.9. The topological polar surface area (TPSA) is 513 Å². The minimum atomic E-state index is -1.46. The Morgan fingerprint density at radius 2 is 0.740 bits per heavy atom. The first-order valence-corrected chi connectivity index (χ1v) is 33.2. The lowest BCUT2D eigenvalue weighted by atomic mass is 10.0. The maximum absolute atomic E-state index is 15.3. The first-order valence-electron chi connectivity index (χ1n) is 33.2. The number of para-hydroxylation sites is 3. The molecule has 6 aromatic rings. The van der Waals surface area contributed by atoms with Gasteiger partial charge in [0.1, 0.15) is 36.3 Å². The number of nitrogens with one attached hydrogen (secondary N) is 10. The number of aromatic amines is 3. The molecule has 0 unspecified atom stereocenters. The molecule has 3 aromatic carbocycles. The minimum Gasteiger partial charge on any atom is -0.370 e. The summed E-state index contributed by atoms with van der Waals surface area (Å²) < 4.78 is 0. The molecule has 3 aromatic heterocycles. The number of benzene rings is 3. The third-order valence-electron chi connectivity index (χ3n) is 16.6. The summed E-state index contributed by atoms with van der Waals surface area (Å²) in [7, 11) is 0. The number of nitrogens with two attached hydrogens (primary N) is 8. The Kier molecular flexibility index (Phi) is 30.8. The largest absolute Gasteiger partial charge is 0.370 e. The van der Waals surface area contributed by atoms with Gasteiger partial charge in [0.15, 0.2) is 17.9 Å². The van der Waals surface area contributed by atoms with Crippen molar-refractivity contribution in [3.05, 3.63) is 108 Å². The van der Waals surface area contributed by atoms with Crippen molar-refractivity contribution >= 4 is 97.8 Å². The summed E-state index contributed by atoms with van der Waals surface area (Å²) in [4.78, 5) is 136. The highest BCUT2D eigenvalue weighted by atomic mass is 16.2. The van der Waals surface area contributed by atoms with Crippen molar-refractivity contribution in [2.75, 3.05) is 26.2 Å². The van der Waals surface area contributed by atoms with Gasteiger partial charge in [0.05, 0.1) is 6.04 Å². The highest BCUT2D eigenvalue weighted by molar-refractivity contribution is 5.99. The van der Waals surface area contributed by atoms with Crippen LogP contribution in [0, 0.1) is 0 Å². The monoisotopic (exact) mass is 1330 g/mol. The molecule has 0 aliphatic heterocycles. The molecule has 0 spiro atoms. The molecule has 8 amide bonds. The SMILES string of the molecule is CCCCCCCCCC(=O)NCCCC[C@H](NC(=O)[C@H](Cc1c[nH]c2ccccc12)NC(=O)[C@@H](CCCN=C(N)N)NC(=O)[C@H](Cc1c[nH]c2ccccc12)NC(=O)[C@@H](CCCN=C(N)N)NC(=O)[C@H](Cc1c[nH]c2ccccc12)NC(=O)[C@H](N)CCCN=C(N)N)C(N)=O. The maximum atomic E-state index is 15.3. The van der Waals surface area contributed by atoms with Crippen LogP contribution in [0.4, 0.5) is 0 Å². The lowest BCUT2D eigenvalue weighted by Crippen LogP contribution is -2.60. The van der Waals surface area contributed by atoms with Gasteiger partial charge >= 0.3 is 0 Å². The zero-order chi connectivity index (χ0) is 69.4. The van der Waals surface area contributed by atoms with E-state index in [0.717, 1.165) is 58.4 Å². The maximum Gasteiger partial charge on any atom is 0.243 e. The van der Waals surface area contributed by atoms with E-state index < -0.39 is 83.6 Å². The second-order valence-corrected chi connectivity index (χ2v) is 24.1. The van der Waals surface area contributed by atoms with Crippen molar-refractivity contribution in [1.82, 2.24) is 52.2 Å². The Morgan fingerprint density at radius 3 is 1.15 bits per heavy atom. The number of unbranched alkanes of at least 4 members (excludes halogenated alkanes) is 7. The van der Waals surface area contributed by atoms with E-state index in [2.05, 4.69) is 74.1 Å². The molecule has 0 radical (unpaired) electrons. The number of amides is 8. The third kappa shape index (κ3) is 24.9. The number of hydrogen-bond acceptors (Lipinski definition) is 12. The summed E-state index contributed by atoms with van der Waals surface area (Å²) in [6.07, 6.45) is 14.6. The summed E-state index contributed by atoms with van der Waals surface area (Å²) in [6, 6.07) is 12.9. The van der Waals surface area contributed by atoms with Gasteiger partial charge in [-0.1, -0.05) is 100 Å². The van der Waals surface area contributed by atoms with Gasteiger partial charge < -0.3 is 98.0 Å². The number of fused-ring (bicyclic) bond motifs is 3. The van der Waals surface area contributed by atoms with Crippen LogP contribution in [0.2, 0.25) is 0 Å². The van der Waals surface area contributed by atoms with E-state index in [0.29, 0.717) is 48.9 Å². The number of aliphatic imine (C=N–C) groups is 3. The molecule has 0 saturated heterocycles. The van der Waals surface area contributed by atoms with Crippen molar-refractivity contribution in [2.45, 2.75) is 178 Å². The Balaban J connectivity index is 1.27. The molecule has 29 heteroatoms. The molecule has 0 bridgehead atoms. The number of primary amides is 1. The lowest BCUT2D eigenvalue weighted by Gasteiger charge is -2.28. The molecule has 0 aliphatic rings. The molecule has 96 heavy (non-hydrogen) atoms. The quantitative estimate of drug-likeness (QED) is 0.0146. The predicted molar refractivity (Wildman–Crippen MR) is 374 cm³/mol. The van der Waals surface area contributed by atoms with Gasteiger partial charge in [0.2, 0.25) is 47.3 Å². The summed E-state index contributed by atoms with van der Waals surface area (Å²) in [5.41, 5.74) is 50.1. The molecule has 0 saturated carbocycles. The first kappa shape index (κ1) is 74.8. The average Bonchev–Trinajstić information content (AvgIpc) is 1.65. The third-order valence-corrected chi connectivity index (χ3v) is 16.6. The first-order chi connectivity index (χ1) is 46.2. The Labute approximate surface area is 558 Å². The Bertz CT molecular complexity index is 3600. The number of hydrogen-bond donors (Lipinski definition) is 18. The normalized spacial score (nSPS) is 13.4. The minimum absolute atomic E-state index is 0.0360. The van der Waals surface area contributed by atoms with E-state index in [1.54, 1.807) is 18.6 Å². The van der Waals surface area contributed by atoms with Crippen LogP contribution < -0.4 is 83.1 Å². The fourth-order valence-electron chi connectivity index (χ4n) is 11.3. The number of carbonyl (C=O) groups is 8. The van der Waals surface area contributed by atoms with Crippen molar-refractivity contribution < 1.29 is 38.4 Å². The molecule has 26 N–H and O–H groups in total. The van der Waals surface area contributed by atoms with Gasteiger partial charge in [-0.2, -0.15) is 0 Å². The van der Waals surface area contributed by atoms with Gasteiger partial charge in [-0.15, -0.1) is 0 Å². The standard InChI is InChI=1S/C67H99N21O8/c1-2-3-4-5-6-7-8-30-57(89)76-31-16-15-27-51(58(69)90)83-62(94)55(36-42-39-81-49-25-13-10-21-45(42)49)87-60(92)53(29-19-34-79-67(74)75)85-64(96)56(37-43-40-82-50-26-14-11-22-46(43)50)88-61(93)52(28-18-33-78-66(72)73)84-63(95)54(35-41-38-80-48-24-12-9-20-44(41)48)86-59(91)47(68)23-17-32-77-65(70)71/h9-14,20-22,24-26,38-40,47,51-56,80-82H,2-8,15-19,23,27-37,68H2,1H3,(H2,69,90)(H,76,89)(H,83,94)(H,84,95)(H,85,96)(H,86,91)(H,87,92)(H,88,93)(H4,70,71,77)(H4,72,73,78)(H4,74,75,79)/t47-,51+,52-,53-,54+,55+,56+/m1/s1. The van der Waals surface area contributed by atoms with E-state index in [9.17, 15) is 24.0 Å². The van der Waals surface area contributed by atoms with E-state index in [1.807, 2.05) is 72.8 Å². The number of rotatable bonds is 44. The fourth-order valence-corrected chi connectivity index (χ4v) is 11.3. The van der Waals surface area contributed by atoms with Crippen LogP contribution in [-0.2, 0) is 57.6 Å². The summed E-state index contributed by atoms with van der Waals surface area (Å²) >= 11 is 0. The molecule has 0 fully saturated rings.